The summed E-state index contributed by atoms with van der Waals surface area (Å²) in [5, 5.41) is 6.05. The van der Waals surface area contributed by atoms with Gasteiger partial charge in [0.25, 0.3) is 0 Å². The standard InChI is InChI=1S/C15H19ClN2O3/c1-8(2)9-6-13(21-3)12(7-10(9)16)17-11-4-5-14(19)18-15(11)20/h6-8,11,17H,4-5H2,1-3H3,(H,18,19,20). The zero-order valence-electron chi connectivity index (χ0n) is 12.3. The van der Waals surface area contributed by atoms with Gasteiger partial charge in [-0.2, -0.15) is 0 Å². The first-order valence-electron chi connectivity index (χ1n) is 6.90. The van der Waals surface area contributed by atoms with Gasteiger partial charge in [0.05, 0.1) is 12.8 Å². The van der Waals surface area contributed by atoms with Crippen molar-refractivity contribution in [3.63, 3.8) is 0 Å². The van der Waals surface area contributed by atoms with Crippen molar-refractivity contribution >= 4 is 29.1 Å². The Bertz CT molecular complexity index is 572. The van der Waals surface area contributed by atoms with Gasteiger partial charge >= 0.3 is 0 Å². The molecule has 0 aromatic heterocycles. The summed E-state index contributed by atoms with van der Waals surface area (Å²) in [7, 11) is 1.57. The molecule has 0 bridgehead atoms. The number of benzene rings is 1. The molecule has 2 rings (SSSR count). The number of hydrogen-bond donors (Lipinski definition) is 2. The summed E-state index contributed by atoms with van der Waals surface area (Å²) in [4.78, 5) is 23.0. The van der Waals surface area contributed by atoms with Crippen molar-refractivity contribution in [3.8, 4) is 5.75 Å². The molecule has 1 fully saturated rings. The van der Waals surface area contributed by atoms with E-state index < -0.39 is 6.04 Å². The summed E-state index contributed by atoms with van der Waals surface area (Å²) in [6.07, 6.45) is 0.779. The Morgan fingerprint density at radius 2 is 2.10 bits per heavy atom. The summed E-state index contributed by atoms with van der Waals surface area (Å²) in [6, 6.07) is 3.18. The first kappa shape index (κ1) is 15.6. The molecule has 2 amide bonds. The number of carbonyl (C=O) groups is 2. The molecule has 1 aromatic rings. The van der Waals surface area contributed by atoms with Crippen LogP contribution >= 0.6 is 11.6 Å². The van der Waals surface area contributed by atoms with E-state index in [2.05, 4.69) is 10.6 Å². The minimum Gasteiger partial charge on any atom is -0.495 e. The Morgan fingerprint density at radius 1 is 1.38 bits per heavy atom. The van der Waals surface area contributed by atoms with Crippen molar-refractivity contribution < 1.29 is 14.3 Å². The number of piperidine rings is 1. The molecule has 5 nitrogen and oxygen atoms in total. The highest BCUT2D eigenvalue weighted by atomic mass is 35.5. The van der Waals surface area contributed by atoms with E-state index in [0.29, 0.717) is 29.3 Å². The van der Waals surface area contributed by atoms with Gasteiger partial charge in [0.15, 0.2) is 0 Å². The average molecular weight is 311 g/mol. The zero-order chi connectivity index (χ0) is 15.6. The number of methoxy groups -OCH3 is 1. The smallest absolute Gasteiger partial charge is 0.249 e. The number of nitrogens with one attached hydrogen (secondary N) is 2. The SMILES string of the molecule is COc1cc(C(C)C)c(Cl)cc1NC1CCC(=O)NC1=O. The summed E-state index contributed by atoms with van der Waals surface area (Å²) in [5.74, 6) is 0.347. The predicted octanol–water partition coefficient (Wildman–Crippen LogP) is 2.69. The lowest BCUT2D eigenvalue weighted by molar-refractivity contribution is -0.133. The Morgan fingerprint density at radius 3 is 2.67 bits per heavy atom. The Kier molecular flexibility index (Phi) is 4.73. The lowest BCUT2D eigenvalue weighted by atomic mass is 10.0. The third-order valence-electron chi connectivity index (χ3n) is 3.51. The molecule has 1 aliphatic heterocycles. The summed E-state index contributed by atoms with van der Waals surface area (Å²) < 4.78 is 5.37. The van der Waals surface area contributed by atoms with Gasteiger partial charge in [0, 0.05) is 11.4 Å². The number of amides is 2. The lowest BCUT2D eigenvalue weighted by Crippen LogP contribution is -2.47. The molecule has 0 saturated carbocycles. The van der Waals surface area contributed by atoms with E-state index in [1.165, 1.54) is 0 Å². The average Bonchev–Trinajstić information content (AvgIpc) is 2.41. The number of hydrogen-bond acceptors (Lipinski definition) is 4. The van der Waals surface area contributed by atoms with E-state index in [4.69, 9.17) is 16.3 Å². The molecule has 1 saturated heterocycles. The van der Waals surface area contributed by atoms with Crippen molar-refractivity contribution in [2.75, 3.05) is 12.4 Å². The third kappa shape index (κ3) is 3.47. The van der Waals surface area contributed by atoms with Crippen molar-refractivity contribution in [2.24, 2.45) is 0 Å². The normalized spacial score (nSPS) is 18.6. The van der Waals surface area contributed by atoms with Crippen LogP contribution in [-0.4, -0.2) is 25.0 Å². The molecule has 1 unspecified atom stereocenters. The molecular weight excluding hydrogens is 292 g/mol. The molecule has 1 aromatic carbocycles. The van der Waals surface area contributed by atoms with Crippen molar-refractivity contribution in [1.82, 2.24) is 5.32 Å². The molecule has 0 aliphatic carbocycles. The van der Waals surface area contributed by atoms with Crippen LogP contribution in [0.1, 0.15) is 38.2 Å². The van der Waals surface area contributed by atoms with Gasteiger partial charge in [0.2, 0.25) is 11.8 Å². The second-order valence-corrected chi connectivity index (χ2v) is 5.78. The fraction of sp³-hybridized carbons (Fsp3) is 0.467. The maximum Gasteiger partial charge on any atom is 0.249 e. The predicted molar refractivity (Wildman–Crippen MR) is 81.9 cm³/mol. The van der Waals surface area contributed by atoms with Crippen LogP contribution in [-0.2, 0) is 9.59 Å². The highest BCUT2D eigenvalue weighted by Crippen LogP contribution is 2.35. The third-order valence-corrected chi connectivity index (χ3v) is 3.84. The number of halogens is 1. The van der Waals surface area contributed by atoms with Gasteiger partial charge in [-0.1, -0.05) is 25.4 Å². The van der Waals surface area contributed by atoms with Crippen LogP contribution in [0.15, 0.2) is 12.1 Å². The van der Waals surface area contributed by atoms with Crippen LogP contribution in [0.4, 0.5) is 5.69 Å². The van der Waals surface area contributed by atoms with E-state index in [0.717, 1.165) is 5.56 Å². The van der Waals surface area contributed by atoms with E-state index in [1.54, 1.807) is 13.2 Å². The van der Waals surface area contributed by atoms with E-state index in [9.17, 15) is 9.59 Å². The molecule has 2 N–H and O–H groups in total. The molecule has 1 heterocycles. The summed E-state index contributed by atoms with van der Waals surface area (Å²) >= 11 is 6.28. The molecule has 6 heteroatoms. The van der Waals surface area contributed by atoms with Gasteiger partial charge in [-0.15, -0.1) is 0 Å². The van der Waals surface area contributed by atoms with Crippen LogP contribution in [0.5, 0.6) is 5.75 Å². The largest absolute Gasteiger partial charge is 0.495 e. The molecule has 1 atom stereocenters. The molecule has 0 spiro atoms. The number of ether oxygens (including phenoxy) is 1. The number of rotatable bonds is 4. The molecular formula is C15H19ClN2O3. The first-order valence-corrected chi connectivity index (χ1v) is 7.27. The van der Waals surface area contributed by atoms with E-state index in [1.807, 2.05) is 19.9 Å². The maximum atomic E-state index is 11.8. The van der Waals surface area contributed by atoms with Crippen LogP contribution < -0.4 is 15.4 Å². The maximum absolute atomic E-state index is 11.8. The van der Waals surface area contributed by atoms with Gasteiger partial charge < -0.3 is 10.1 Å². The lowest BCUT2D eigenvalue weighted by Gasteiger charge is -2.24. The van der Waals surface area contributed by atoms with E-state index >= 15 is 0 Å². The Hall–Kier alpha value is -1.75. The number of carbonyl (C=O) groups excluding carboxylic acids is 2. The van der Waals surface area contributed by atoms with E-state index in [-0.39, 0.29) is 17.7 Å². The Labute approximate surface area is 129 Å². The molecule has 0 radical (unpaired) electrons. The second-order valence-electron chi connectivity index (χ2n) is 5.38. The van der Waals surface area contributed by atoms with Crippen molar-refractivity contribution in [2.45, 2.75) is 38.6 Å². The van der Waals surface area contributed by atoms with Gasteiger partial charge in [0.1, 0.15) is 11.8 Å². The van der Waals surface area contributed by atoms with Gasteiger partial charge in [-0.3, -0.25) is 14.9 Å². The fourth-order valence-corrected chi connectivity index (χ4v) is 2.69. The summed E-state index contributed by atoms with van der Waals surface area (Å²) in [5.41, 5.74) is 1.64. The van der Waals surface area contributed by atoms with Crippen LogP contribution in [0, 0.1) is 0 Å². The zero-order valence-corrected chi connectivity index (χ0v) is 13.1. The minimum atomic E-state index is -0.461. The summed E-state index contributed by atoms with van der Waals surface area (Å²) in [6.45, 7) is 4.10. The van der Waals surface area contributed by atoms with Crippen LogP contribution in [0.25, 0.3) is 0 Å². The van der Waals surface area contributed by atoms with Crippen molar-refractivity contribution in [1.29, 1.82) is 0 Å². The highest BCUT2D eigenvalue weighted by Gasteiger charge is 2.27. The highest BCUT2D eigenvalue weighted by molar-refractivity contribution is 6.31. The first-order chi connectivity index (χ1) is 9.92. The monoisotopic (exact) mass is 310 g/mol. The van der Waals surface area contributed by atoms with Crippen LogP contribution in [0.3, 0.4) is 0 Å². The molecule has 114 valence electrons. The number of anilines is 1. The van der Waals surface area contributed by atoms with Gasteiger partial charge in [-0.25, -0.2) is 0 Å². The van der Waals surface area contributed by atoms with Crippen LogP contribution in [0.2, 0.25) is 5.02 Å². The number of imide groups is 1. The second kappa shape index (κ2) is 6.35. The molecule has 21 heavy (non-hydrogen) atoms. The Balaban J connectivity index is 2.25. The van der Waals surface area contributed by atoms with Gasteiger partial charge in [-0.05, 0) is 30.0 Å². The fourth-order valence-electron chi connectivity index (χ4n) is 2.31. The molecule has 1 aliphatic rings. The quantitative estimate of drug-likeness (QED) is 0.839. The topological polar surface area (TPSA) is 67.4 Å². The minimum absolute atomic E-state index is 0.238. The van der Waals surface area contributed by atoms with Crippen molar-refractivity contribution in [3.05, 3.63) is 22.7 Å².